The van der Waals surface area contributed by atoms with E-state index in [0.29, 0.717) is 41.9 Å². The van der Waals surface area contributed by atoms with Crippen molar-refractivity contribution in [3.05, 3.63) is 69.4 Å². The van der Waals surface area contributed by atoms with Crippen LogP contribution in [0.25, 0.3) is 16.7 Å². The smallest absolute Gasteiger partial charge is 0.416 e. The topological polar surface area (TPSA) is 91.0 Å². The number of pyridine rings is 1. The molecule has 0 unspecified atom stereocenters. The second-order valence-corrected chi connectivity index (χ2v) is 7.57. The molecule has 1 aliphatic rings. The number of nitrogens with zero attached hydrogens (tertiary/aromatic N) is 1. The maximum absolute atomic E-state index is 13.1. The normalized spacial score (nSPS) is 13.6. The fraction of sp³-hybridized carbons (Fsp3) is 0.333. The van der Waals surface area contributed by atoms with Gasteiger partial charge in [0.05, 0.1) is 29.9 Å². The van der Waals surface area contributed by atoms with E-state index in [4.69, 9.17) is 23.7 Å². The van der Waals surface area contributed by atoms with Gasteiger partial charge in [-0.05, 0) is 38.0 Å². The van der Waals surface area contributed by atoms with Gasteiger partial charge < -0.3 is 23.7 Å². The van der Waals surface area contributed by atoms with Gasteiger partial charge in [0.2, 0.25) is 11.2 Å². The number of benzene rings is 1. The van der Waals surface area contributed by atoms with E-state index >= 15 is 0 Å². The maximum atomic E-state index is 13.1. The third kappa shape index (κ3) is 4.86. The molecule has 0 saturated carbocycles. The van der Waals surface area contributed by atoms with Crippen LogP contribution in [0.5, 0.6) is 11.5 Å². The first kappa shape index (κ1) is 23.6. The summed E-state index contributed by atoms with van der Waals surface area (Å²) in [5, 5.41) is 9.48. The van der Waals surface area contributed by atoms with Gasteiger partial charge in [-0.15, -0.1) is 0 Å². The second kappa shape index (κ2) is 9.76. The van der Waals surface area contributed by atoms with Gasteiger partial charge in [-0.25, -0.2) is 0 Å². The summed E-state index contributed by atoms with van der Waals surface area (Å²) in [6.45, 7) is 2.28. The Morgan fingerprint density at radius 2 is 2.03 bits per heavy atom. The Labute approximate surface area is 192 Å². The molecule has 0 aliphatic carbocycles. The summed E-state index contributed by atoms with van der Waals surface area (Å²) < 4.78 is 61.5. The molecule has 0 spiro atoms. The van der Waals surface area contributed by atoms with Gasteiger partial charge >= 0.3 is 6.18 Å². The lowest BCUT2D eigenvalue weighted by atomic mass is 10.00. The summed E-state index contributed by atoms with van der Waals surface area (Å²) in [6, 6.07) is 4.54. The lowest BCUT2D eigenvalue weighted by Crippen LogP contribution is -2.15. The predicted octanol–water partition coefficient (Wildman–Crippen LogP) is 4.70. The van der Waals surface area contributed by atoms with Crippen molar-refractivity contribution in [1.29, 1.82) is 0 Å². The maximum Gasteiger partial charge on any atom is 0.416 e. The van der Waals surface area contributed by atoms with Gasteiger partial charge in [-0.2, -0.15) is 13.2 Å². The van der Waals surface area contributed by atoms with Crippen LogP contribution in [0.2, 0.25) is 0 Å². The molecule has 3 heterocycles. The summed E-state index contributed by atoms with van der Waals surface area (Å²) >= 11 is 0. The van der Waals surface area contributed by atoms with E-state index in [1.807, 2.05) is 6.92 Å². The largest absolute Gasteiger partial charge is 0.493 e. The van der Waals surface area contributed by atoms with E-state index in [-0.39, 0.29) is 42.3 Å². The number of rotatable bonds is 8. The van der Waals surface area contributed by atoms with Crippen molar-refractivity contribution in [2.75, 3.05) is 19.8 Å². The third-order valence-electron chi connectivity index (χ3n) is 5.28. The highest BCUT2D eigenvalue weighted by Crippen LogP contribution is 2.41. The Morgan fingerprint density at radius 3 is 2.74 bits per heavy atom. The Balaban J connectivity index is 1.53. The number of hydrogen-bond donors (Lipinski definition) is 1. The predicted molar refractivity (Wildman–Crippen MR) is 116 cm³/mol. The minimum atomic E-state index is -4.46. The summed E-state index contributed by atoms with van der Waals surface area (Å²) in [7, 11) is 0. The summed E-state index contributed by atoms with van der Waals surface area (Å²) in [6.07, 6.45) is -0.742. The molecule has 0 fully saturated rings. The summed E-state index contributed by atoms with van der Waals surface area (Å²) in [5.74, 6) is 1.22. The lowest BCUT2D eigenvalue weighted by molar-refractivity contribution is -0.137. The standard InChI is InChI=1S/C24H22F3NO6/c1-2-31-22-14(4-3-7-32-21-13-33-16(11-29)9-20(21)30)12-34-23-17-6-5-15(24(25,26)27)8-19(17)28-10-18(22)23/h5-6,8-10,13,29H,2-4,7,11-12H2,1H3. The van der Waals surface area contributed by atoms with Crippen LogP contribution in [-0.4, -0.2) is 29.9 Å². The fourth-order valence-corrected chi connectivity index (χ4v) is 3.68. The number of aliphatic hydroxyl groups excluding tert-OH is 1. The number of halogens is 3. The van der Waals surface area contributed by atoms with Crippen molar-refractivity contribution >= 4 is 16.7 Å². The number of fused-ring (bicyclic) bond motifs is 3. The van der Waals surface area contributed by atoms with Gasteiger partial charge in [-0.3, -0.25) is 9.78 Å². The van der Waals surface area contributed by atoms with Crippen molar-refractivity contribution in [1.82, 2.24) is 4.98 Å². The number of aliphatic hydroxyl groups is 1. The minimum absolute atomic E-state index is 0.0512. The molecule has 1 aliphatic heterocycles. The molecular formula is C24H22F3NO6. The highest BCUT2D eigenvalue weighted by Gasteiger charge is 2.31. The molecule has 1 N–H and O–H groups in total. The zero-order chi connectivity index (χ0) is 24.3. The molecule has 0 atom stereocenters. The second-order valence-electron chi connectivity index (χ2n) is 7.57. The van der Waals surface area contributed by atoms with Gasteiger partial charge in [0.25, 0.3) is 0 Å². The molecule has 7 nitrogen and oxygen atoms in total. The molecular weight excluding hydrogens is 455 g/mol. The van der Waals surface area contributed by atoms with Crippen molar-refractivity contribution in [3.63, 3.8) is 0 Å². The molecule has 0 amide bonds. The minimum Gasteiger partial charge on any atom is -0.493 e. The Hall–Kier alpha value is -3.53. The molecule has 0 bridgehead atoms. The average molecular weight is 477 g/mol. The molecule has 2 aromatic heterocycles. The zero-order valence-corrected chi connectivity index (χ0v) is 18.3. The van der Waals surface area contributed by atoms with Crippen molar-refractivity contribution in [2.24, 2.45) is 0 Å². The van der Waals surface area contributed by atoms with E-state index in [1.54, 1.807) is 0 Å². The van der Waals surface area contributed by atoms with Crippen LogP contribution in [0, 0.1) is 0 Å². The zero-order valence-electron chi connectivity index (χ0n) is 18.3. The first-order chi connectivity index (χ1) is 16.3. The first-order valence-electron chi connectivity index (χ1n) is 10.6. The monoisotopic (exact) mass is 477 g/mol. The molecule has 3 aromatic rings. The molecule has 0 radical (unpaired) electrons. The third-order valence-corrected chi connectivity index (χ3v) is 5.28. The first-order valence-corrected chi connectivity index (χ1v) is 10.6. The van der Waals surface area contributed by atoms with Crippen LogP contribution in [0.1, 0.15) is 36.7 Å². The highest BCUT2D eigenvalue weighted by atomic mass is 19.4. The summed E-state index contributed by atoms with van der Waals surface area (Å²) in [4.78, 5) is 16.2. The van der Waals surface area contributed by atoms with Crippen molar-refractivity contribution < 1.29 is 36.9 Å². The highest BCUT2D eigenvalue weighted by molar-refractivity contribution is 5.91. The SMILES string of the molecule is CCOC1=C(CCCOc2coc(CO)cc2=O)COc2c1cnc1cc(C(F)(F)F)ccc21. The van der Waals surface area contributed by atoms with E-state index in [1.165, 1.54) is 24.6 Å². The fourth-order valence-electron chi connectivity index (χ4n) is 3.68. The molecule has 34 heavy (non-hydrogen) atoms. The van der Waals surface area contributed by atoms with Crippen LogP contribution in [-0.2, 0) is 17.5 Å². The molecule has 0 saturated heterocycles. The number of ether oxygens (including phenoxy) is 3. The van der Waals surface area contributed by atoms with Crippen molar-refractivity contribution in [2.45, 2.75) is 32.5 Å². The summed E-state index contributed by atoms with van der Waals surface area (Å²) in [5.41, 5.74) is 0.466. The number of aromatic nitrogens is 1. The average Bonchev–Trinajstić information content (AvgIpc) is 2.82. The van der Waals surface area contributed by atoms with Gasteiger partial charge in [0.1, 0.15) is 36.7 Å². The molecule has 10 heteroatoms. The van der Waals surface area contributed by atoms with Crippen LogP contribution in [0.4, 0.5) is 13.2 Å². The molecule has 1 aromatic carbocycles. The van der Waals surface area contributed by atoms with E-state index in [0.717, 1.165) is 17.7 Å². The molecule has 4 rings (SSSR count). The van der Waals surface area contributed by atoms with Crippen LogP contribution >= 0.6 is 0 Å². The Morgan fingerprint density at radius 1 is 1.21 bits per heavy atom. The van der Waals surface area contributed by atoms with Crippen LogP contribution in [0.3, 0.4) is 0 Å². The van der Waals surface area contributed by atoms with E-state index in [9.17, 15) is 18.0 Å². The van der Waals surface area contributed by atoms with Gasteiger partial charge in [0.15, 0.2) is 0 Å². The number of alkyl halides is 3. The Bertz CT molecular complexity index is 1280. The lowest BCUT2D eigenvalue weighted by Gasteiger charge is -2.25. The van der Waals surface area contributed by atoms with Crippen LogP contribution < -0.4 is 14.9 Å². The van der Waals surface area contributed by atoms with Gasteiger partial charge in [-0.1, -0.05) is 0 Å². The van der Waals surface area contributed by atoms with Crippen molar-refractivity contribution in [3.8, 4) is 11.5 Å². The quantitative estimate of drug-likeness (QED) is 0.471. The van der Waals surface area contributed by atoms with E-state index in [2.05, 4.69) is 4.98 Å². The molecule has 180 valence electrons. The van der Waals surface area contributed by atoms with E-state index < -0.39 is 11.7 Å². The number of hydrogen-bond acceptors (Lipinski definition) is 7. The Kier molecular flexibility index (Phi) is 6.78. The van der Waals surface area contributed by atoms with Crippen LogP contribution in [0.15, 0.2) is 51.5 Å². The van der Waals surface area contributed by atoms with Gasteiger partial charge in [0, 0.05) is 23.2 Å².